The van der Waals surface area contributed by atoms with Crippen LogP contribution in [0.15, 0.2) is 10.9 Å². The van der Waals surface area contributed by atoms with Gasteiger partial charge in [0.15, 0.2) is 0 Å². The van der Waals surface area contributed by atoms with E-state index < -0.39 is 0 Å². The van der Waals surface area contributed by atoms with Gasteiger partial charge in [-0.1, -0.05) is 6.92 Å². The Labute approximate surface area is 113 Å². The lowest BCUT2D eigenvalue weighted by Gasteiger charge is -2.14. The molecule has 1 unspecified atom stereocenters. The highest BCUT2D eigenvalue weighted by Gasteiger charge is 2.26. The average molecular weight is 262 g/mol. The monoisotopic (exact) mass is 262 g/mol. The zero-order valence-electron chi connectivity index (χ0n) is 11.5. The highest BCUT2D eigenvalue weighted by molar-refractivity contribution is 5.34. The second-order valence-electron chi connectivity index (χ2n) is 5.72. The van der Waals surface area contributed by atoms with Crippen LogP contribution in [-0.2, 0) is 0 Å². The van der Waals surface area contributed by atoms with Gasteiger partial charge < -0.3 is 15.2 Å². The van der Waals surface area contributed by atoms with Crippen molar-refractivity contribution in [1.82, 2.24) is 14.9 Å². The van der Waals surface area contributed by atoms with Crippen LogP contribution in [0.4, 0.5) is 5.82 Å². The van der Waals surface area contributed by atoms with Gasteiger partial charge in [0.2, 0.25) is 0 Å². The molecule has 1 aliphatic carbocycles. The molecule has 5 heteroatoms. The number of hydrogen-bond donors (Lipinski definition) is 2. The molecule has 3 rings (SSSR count). The number of rotatable bonds is 5. The lowest BCUT2D eigenvalue weighted by Crippen LogP contribution is -2.23. The molecule has 1 saturated heterocycles. The maximum absolute atomic E-state index is 11.6. The summed E-state index contributed by atoms with van der Waals surface area (Å²) in [4.78, 5) is 21.4. The van der Waals surface area contributed by atoms with Gasteiger partial charge >= 0.3 is 0 Å². The minimum atomic E-state index is -0.0407. The van der Waals surface area contributed by atoms with E-state index in [1.54, 1.807) is 6.07 Å². The fourth-order valence-corrected chi connectivity index (χ4v) is 2.73. The van der Waals surface area contributed by atoms with Crippen molar-refractivity contribution in [2.75, 3.05) is 31.5 Å². The highest BCUT2D eigenvalue weighted by Crippen LogP contribution is 2.37. The zero-order valence-corrected chi connectivity index (χ0v) is 11.5. The summed E-state index contributed by atoms with van der Waals surface area (Å²) in [6.45, 7) is 6.60. The molecule has 2 aliphatic rings. The number of nitrogens with one attached hydrogen (secondary N) is 2. The van der Waals surface area contributed by atoms with Crippen LogP contribution in [0.1, 0.15) is 37.9 Å². The van der Waals surface area contributed by atoms with E-state index in [9.17, 15) is 4.79 Å². The van der Waals surface area contributed by atoms with E-state index >= 15 is 0 Å². The van der Waals surface area contributed by atoms with Crippen LogP contribution in [-0.4, -0.2) is 41.0 Å². The van der Waals surface area contributed by atoms with E-state index in [-0.39, 0.29) is 5.56 Å². The normalized spacial score (nSPS) is 23.7. The topological polar surface area (TPSA) is 61.0 Å². The second kappa shape index (κ2) is 5.33. The van der Waals surface area contributed by atoms with Crippen molar-refractivity contribution in [1.29, 1.82) is 0 Å². The number of H-pyrrole nitrogens is 1. The Hall–Kier alpha value is -1.36. The van der Waals surface area contributed by atoms with Gasteiger partial charge in [-0.3, -0.25) is 4.79 Å². The lowest BCUT2D eigenvalue weighted by molar-refractivity contribution is 0.345. The Morgan fingerprint density at radius 2 is 2.32 bits per heavy atom. The minimum Gasteiger partial charge on any atom is -0.370 e. The molecule has 2 fully saturated rings. The van der Waals surface area contributed by atoms with Crippen molar-refractivity contribution < 1.29 is 0 Å². The van der Waals surface area contributed by atoms with E-state index in [2.05, 4.69) is 27.1 Å². The van der Waals surface area contributed by atoms with Crippen LogP contribution in [0.3, 0.4) is 0 Å². The van der Waals surface area contributed by atoms with Crippen LogP contribution in [0, 0.1) is 5.92 Å². The van der Waals surface area contributed by atoms with Gasteiger partial charge in [-0.05, 0) is 38.3 Å². The Morgan fingerprint density at radius 1 is 1.47 bits per heavy atom. The first-order valence-electron chi connectivity index (χ1n) is 7.32. The smallest absolute Gasteiger partial charge is 0.252 e. The summed E-state index contributed by atoms with van der Waals surface area (Å²) in [5, 5.41) is 3.34. The predicted octanol–water partition coefficient (Wildman–Crippen LogP) is 1.40. The maximum atomic E-state index is 11.6. The van der Waals surface area contributed by atoms with Crippen molar-refractivity contribution in [2.24, 2.45) is 5.92 Å². The van der Waals surface area contributed by atoms with Gasteiger partial charge in [-0.25, -0.2) is 4.98 Å². The Morgan fingerprint density at radius 3 is 3.00 bits per heavy atom. The summed E-state index contributed by atoms with van der Waals surface area (Å²) >= 11 is 0. The number of aromatic nitrogens is 2. The van der Waals surface area contributed by atoms with Crippen molar-refractivity contribution in [3.63, 3.8) is 0 Å². The third-order valence-corrected chi connectivity index (χ3v) is 4.11. The van der Waals surface area contributed by atoms with Crippen LogP contribution >= 0.6 is 0 Å². The SMILES string of the molecule is CCN1CCC(CNc2cc(=O)[nH]c(C3CC3)n2)C1. The molecule has 0 bridgehead atoms. The Kier molecular flexibility index (Phi) is 3.55. The Bertz CT molecular complexity index is 494. The number of anilines is 1. The number of hydrogen-bond acceptors (Lipinski definition) is 4. The van der Waals surface area contributed by atoms with Gasteiger partial charge in [-0.2, -0.15) is 0 Å². The molecule has 104 valence electrons. The fraction of sp³-hybridized carbons (Fsp3) is 0.714. The summed E-state index contributed by atoms with van der Waals surface area (Å²) in [5.74, 6) is 2.75. The van der Waals surface area contributed by atoms with E-state index in [0.717, 1.165) is 44.1 Å². The molecule has 1 aromatic rings. The van der Waals surface area contributed by atoms with Gasteiger partial charge in [-0.15, -0.1) is 0 Å². The first kappa shape index (κ1) is 12.7. The fourth-order valence-electron chi connectivity index (χ4n) is 2.73. The third-order valence-electron chi connectivity index (χ3n) is 4.11. The molecule has 0 radical (unpaired) electrons. The highest BCUT2D eigenvalue weighted by atomic mass is 16.1. The lowest BCUT2D eigenvalue weighted by atomic mass is 10.1. The summed E-state index contributed by atoms with van der Waals surface area (Å²) in [5.41, 5.74) is -0.0407. The molecule has 5 nitrogen and oxygen atoms in total. The molecular formula is C14H22N4O. The van der Waals surface area contributed by atoms with Crippen LogP contribution in [0.25, 0.3) is 0 Å². The first-order valence-corrected chi connectivity index (χ1v) is 7.32. The summed E-state index contributed by atoms with van der Waals surface area (Å²) < 4.78 is 0. The van der Waals surface area contributed by atoms with Crippen LogP contribution in [0.5, 0.6) is 0 Å². The molecule has 0 aromatic carbocycles. The number of aromatic amines is 1. The van der Waals surface area contributed by atoms with E-state index in [1.807, 2.05) is 0 Å². The van der Waals surface area contributed by atoms with Crippen LogP contribution < -0.4 is 10.9 Å². The average Bonchev–Trinajstić information content (AvgIpc) is 3.15. The first-order chi connectivity index (χ1) is 9.24. The number of nitrogens with zero attached hydrogens (tertiary/aromatic N) is 2. The molecule has 1 atom stereocenters. The third kappa shape index (κ3) is 3.15. The quantitative estimate of drug-likeness (QED) is 0.842. The maximum Gasteiger partial charge on any atom is 0.252 e. The molecule has 0 spiro atoms. The van der Waals surface area contributed by atoms with Crippen molar-refractivity contribution in [3.8, 4) is 0 Å². The largest absolute Gasteiger partial charge is 0.370 e. The van der Waals surface area contributed by atoms with Crippen LogP contribution in [0.2, 0.25) is 0 Å². The van der Waals surface area contributed by atoms with E-state index in [0.29, 0.717) is 11.8 Å². The van der Waals surface area contributed by atoms with E-state index in [1.165, 1.54) is 13.0 Å². The molecule has 2 N–H and O–H groups in total. The predicted molar refractivity (Wildman–Crippen MR) is 75.5 cm³/mol. The molecule has 0 amide bonds. The van der Waals surface area contributed by atoms with Gasteiger partial charge in [0.25, 0.3) is 5.56 Å². The van der Waals surface area contributed by atoms with E-state index in [4.69, 9.17) is 0 Å². The molecule has 19 heavy (non-hydrogen) atoms. The number of likely N-dealkylation sites (tertiary alicyclic amines) is 1. The molecule has 1 aliphatic heterocycles. The van der Waals surface area contributed by atoms with Gasteiger partial charge in [0.1, 0.15) is 11.6 Å². The van der Waals surface area contributed by atoms with Gasteiger partial charge in [0.05, 0.1) is 0 Å². The summed E-state index contributed by atoms with van der Waals surface area (Å²) in [6.07, 6.45) is 3.54. The molecule has 1 aromatic heterocycles. The van der Waals surface area contributed by atoms with Crippen molar-refractivity contribution >= 4 is 5.82 Å². The zero-order chi connectivity index (χ0) is 13.2. The second-order valence-corrected chi connectivity index (χ2v) is 5.72. The Balaban J connectivity index is 1.59. The summed E-state index contributed by atoms with van der Waals surface area (Å²) in [7, 11) is 0. The minimum absolute atomic E-state index is 0.0407. The molecule has 1 saturated carbocycles. The molecule has 2 heterocycles. The van der Waals surface area contributed by atoms with Gasteiger partial charge in [0, 0.05) is 25.1 Å². The molecular weight excluding hydrogens is 240 g/mol. The van der Waals surface area contributed by atoms with Crippen molar-refractivity contribution in [3.05, 3.63) is 22.2 Å². The van der Waals surface area contributed by atoms with Crippen molar-refractivity contribution in [2.45, 2.75) is 32.1 Å². The standard InChI is InChI=1S/C14H22N4O/c1-2-18-6-5-10(9-18)8-15-12-7-13(19)17-14(16-12)11-3-4-11/h7,10-11H,2-6,8-9H2,1H3,(H2,15,16,17,19). The summed E-state index contributed by atoms with van der Waals surface area (Å²) in [6, 6.07) is 1.57.